The molecule has 0 atom stereocenters. The van der Waals surface area contributed by atoms with Crippen LogP contribution in [0.5, 0.6) is 0 Å². The van der Waals surface area contributed by atoms with Gasteiger partial charge in [0.2, 0.25) is 0 Å². The fraction of sp³-hybridized carbons (Fsp3) is 0.125. The van der Waals surface area contributed by atoms with Crippen molar-refractivity contribution in [3.05, 3.63) is 28.5 Å². The van der Waals surface area contributed by atoms with E-state index in [0.717, 1.165) is 11.1 Å². The van der Waals surface area contributed by atoms with Gasteiger partial charge in [0.1, 0.15) is 0 Å². The minimum atomic E-state index is -0.895. The van der Waals surface area contributed by atoms with Crippen LogP contribution in [0.15, 0.2) is 22.9 Å². The average molecular weight is 168 g/mol. The second-order valence-electron chi connectivity index (χ2n) is 2.18. The lowest BCUT2D eigenvalue weighted by Crippen LogP contribution is -1.88. The lowest BCUT2D eigenvalue weighted by atomic mass is 10.1. The van der Waals surface area contributed by atoms with E-state index in [-0.39, 0.29) is 0 Å². The van der Waals surface area contributed by atoms with Crippen LogP contribution >= 0.6 is 11.3 Å². The fourth-order valence-electron chi connectivity index (χ4n) is 0.757. The summed E-state index contributed by atoms with van der Waals surface area (Å²) in [5.74, 6) is -0.895. The summed E-state index contributed by atoms with van der Waals surface area (Å²) >= 11 is 1.56. The Hall–Kier alpha value is -1.09. The van der Waals surface area contributed by atoms with Crippen molar-refractivity contribution in [1.82, 2.24) is 0 Å². The maximum absolute atomic E-state index is 10.2. The molecule has 0 saturated heterocycles. The van der Waals surface area contributed by atoms with E-state index >= 15 is 0 Å². The van der Waals surface area contributed by atoms with E-state index in [1.54, 1.807) is 18.3 Å². The molecule has 0 radical (unpaired) electrons. The van der Waals surface area contributed by atoms with Gasteiger partial charge in [0.15, 0.2) is 0 Å². The number of hydrogen-bond donors (Lipinski definition) is 1. The Labute approximate surface area is 68.8 Å². The van der Waals surface area contributed by atoms with Gasteiger partial charge in [0, 0.05) is 6.08 Å². The van der Waals surface area contributed by atoms with Gasteiger partial charge in [-0.3, -0.25) is 0 Å². The normalized spacial score (nSPS) is 11.5. The minimum Gasteiger partial charge on any atom is -0.478 e. The molecule has 1 rings (SSSR count). The van der Waals surface area contributed by atoms with Gasteiger partial charge in [-0.05, 0) is 34.9 Å². The summed E-state index contributed by atoms with van der Waals surface area (Å²) in [4.78, 5) is 10.2. The third-order valence-electron chi connectivity index (χ3n) is 1.32. The molecule has 1 aromatic heterocycles. The zero-order chi connectivity index (χ0) is 8.27. The number of rotatable bonds is 2. The molecule has 0 aromatic carbocycles. The summed E-state index contributed by atoms with van der Waals surface area (Å²) in [6.07, 6.45) is 1.21. The molecule has 0 unspecified atom stereocenters. The average Bonchev–Trinajstić information content (AvgIpc) is 2.35. The molecule has 1 aromatic rings. The highest BCUT2D eigenvalue weighted by Gasteiger charge is 1.97. The molecule has 0 saturated carbocycles. The second kappa shape index (κ2) is 3.34. The van der Waals surface area contributed by atoms with Gasteiger partial charge in [0.25, 0.3) is 0 Å². The van der Waals surface area contributed by atoms with Crippen molar-refractivity contribution in [3.8, 4) is 0 Å². The Morgan fingerprint density at radius 2 is 2.45 bits per heavy atom. The molecule has 0 fully saturated rings. The van der Waals surface area contributed by atoms with Crippen molar-refractivity contribution in [2.75, 3.05) is 0 Å². The van der Waals surface area contributed by atoms with Crippen molar-refractivity contribution < 1.29 is 9.90 Å². The highest BCUT2D eigenvalue weighted by atomic mass is 32.1. The Balaban J connectivity index is 2.86. The lowest BCUT2D eigenvalue weighted by Gasteiger charge is -1.92. The van der Waals surface area contributed by atoms with Gasteiger partial charge in [0.05, 0.1) is 0 Å². The molecule has 0 aliphatic heterocycles. The van der Waals surface area contributed by atoms with Crippen LogP contribution in [0, 0.1) is 0 Å². The summed E-state index contributed by atoms with van der Waals surface area (Å²) < 4.78 is 0. The molecular weight excluding hydrogens is 160 g/mol. The quantitative estimate of drug-likeness (QED) is 0.687. The first-order valence-corrected chi connectivity index (χ1v) is 4.08. The van der Waals surface area contributed by atoms with E-state index in [2.05, 4.69) is 0 Å². The Bertz CT molecular complexity index is 272. The van der Waals surface area contributed by atoms with Gasteiger partial charge < -0.3 is 5.11 Å². The van der Waals surface area contributed by atoms with E-state index in [1.807, 2.05) is 16.8 Å². The predicted octanol–water partition coefficient (Wildman–Crippen LogP) is 2.24. The molecule has 3 heteroatoms. The van der Waals surface area contributed by atoms with Crippen LogP contribution in [0.1, 0.15) is 12.5 Å². The van der Waals surface area contributed by atoms with Crippen LogP contribution < -0.4 is 0 Å². The van der Waals surface area contributed by atoms with E-state index in [0.29, 0.717) is 0 Å². The van der Waals surface area contributed by atoms with E-state index < -0.39 is 5.97 Å². The van der Waals surface area contributed by atoms with Crippen molar-refractivity contribution in [2.24, 2.45) is 0 Å². The highest BCUT2D eigenvalue weighted by Crippen LogP contribution is 2.16. The topological polar surface area (TPSA) is 37.3 Å². The van der Waals surface area contributed by atoms with Crippen LogP contribution in [0.4, 0.5) is 0 Å². The summed E-state index contributed by atoms with van der Waals surface area (Å²) in [7, 11) is 0. The van der Waals surface area contributed by atoms with Crippen LogP contribution in [0.2, 0.25) is 0 Å². The fourth-order valence-corrected chi connectivity index (χ4v) is 1.47. The number of hydrogen-bond acceptors (Lipinski definition) is 2. The molecule has 58 valence electrons. The highest BCUT2D eigenvalue weighted by molar-refractivity contribution is 7.08. The van der Waals surface area contributed by atoms with Crippen molar-refractivity contribution in [3.63, 3.8) is 0 Å². The number of carboxylic acids is 1. The Morgan fingerprint density at radius 1 is 1.73 bits per heavy atom. The Kier molecular flexibility index (Phi) is 2.44. The van der Waals surface area contributed by atoms with E-state index in [9.17, 15) is 4.79 Å². The first-order chi connectivity index (χ1) is 5.20. The van der Waals surface area contributed by atoms with Gasteiger partial charge in [-0.15, -0.1) is 0 Å². The number of carbonyl (C=O) groups is 1. The van der Waals surface area contributed by atoms with Crippen LogP contribution in [-0.2, 0) is 4.79 Å². The van der Waals surface area contributed by atoms with Crippen molar-refractivity contribution >= 4 is 22.9 Å². The van der Waals surface area contributed by atoms with E-state index in [4.69, 9.17) is 5.11 Å². The summed E-state index contributed by atoms with van der Waals surface area (Å²) in [6.45, 7) is 1.79. The molecule has 11 heavy (non-hydrogen) atoms. The molecule has 0 aliphatic rings. The predicted molar refractivity (Wildman–Crippen MR) is 45.6 cm³/mol. The zero-order valence-electron chi connectivity index (χ0n) is 6.07. The maximum atomic E-state index is 10.2. The van der Waals surface area contributed by atoms with Gasteiger partial charge in [-0.1, -0.05) is 0 Å². The maximum Gasteiger partial charge on any atom is 0.328 e. The lowest BCUT2D eigenvalue weighted by molar-refractivity contribution is -0.131. The molecule has 1 N–H and O–H groups in total. The first-order valence-electron chi connectivity index (χ1n) is 3.14. The molecule has 1 heterocycles. The Morgan fingerprint density at radius 3 is 2.91 bits per heavy atom. The SMILES string of the molecule is CC(=CC(=O)O)c1ccsc1. The second-order valence-corrected chi connectivity index (χ2v) is 2.96. The standard InChI is InChI=1S/C8H8O2S/c1-6(4-8(9)10)7-2-3-11-5-7/h2-5H,1H3,(H,9,10). The van der Waals surface area contributed by atoms with Gasteiger partial charge in [-0.2, -0.15) is 11.3 Å². The molecular formula is C8H8O2S. The largest absolute Gasteiger partial charge is 0.478 e. The van der Waals surface area contributed by atoms with Crippen molar-refractivity contribution in [1.29, 1.82) is 0 Å². The number of carboxylic acid groups (broad SMARTS) is 1. The molecule has 0 amide bonds. The molecule has 0 bridgehead atoms. The zero-order valence-corrected chi connectivity index (χ0v) is 6.89. The molecule has 0 spiro atoms. The third-order valence-corrected chi connectivity index (χ3v) is 2.00. The molecule has 2 nitrogen and oxygen atoms in total. The third kappa shape index (κ3) is 2.20. The van der Waals surface area contributed by atoms with Crippen LogP contribution in [0.3, 0.4) is 0 Å². The number of thiophene rings is 1. The van der Waals surface area contributed by atoms with Crippen LogP contribution in [0.25, 0.3) is 5.57 Å². The smallest absolute Gasteiger partial charge is 0.328 e. The van der Waals surface area contributed by atoms with E-state index in [1.165, 1.54) is 6.08 Å². The minimum absolute atomic E-state index is 0.791. The summed E-state index contributed by atoms with van der Waals surface area (Å²) in [5, 5.41) is 12.3. The van der Waals surface area contributed by atoms with Crippen LogP contribution in [-0.4, -0.2) is 11.1 Å². The summed E-state index contributed by atoms with van der Waals surface area (Å²) in [6, 6.07) is 1.90. The molecule has 0 aliphatic carbocycles. The monoisotopic (exact) mass is 168 g/mol. The van der Waals surface area contributed by atoms with Gasteiger partial charge >= 0.3 is 5.97 Å². The first kappa shape index (κ1) is 8.01. The summed E-state index contributed by atoms with van der Waals surface area (Å²) in [5.41, 5.74) is 1.77. The van der Waals surface area contributed by atoms with Gasteiger partial charge in [-0.25, -0.2) is 4.79 Å². The number of allylic oxidation sites excluding steroid dienone is 1. The van der Waals surface area contributed by atoms with Crippen molar-refractivity contribution in [2.45, 2.75) is 6.92 Å². The number of aliphatic carboxylic acids is 1.